The first-order valence-corrected chi connectivity index (χ1v) is 19.4. The molecule has 11 rings (SSSR count). The van der Waals surface area contributed by atoms with Gasteiger partial charge in [-0.1, -0.05) is 133 Å². The topological polar surface area (TPSA) is 32.6 Å². The van der Waals surface area contributed by atoms with E-state index in [0.717, 1.165) is 11.3 Å². The van der Waals surface area contributed by atoms with E-state index in [1.165, 1.54) is 72.1 Å². The molecular weight excluding hydrogens is 681 g/mol. The SMILES string of the molecule is C1=CC2c3cc(-c4ccc5c(c4)c4ccccc4n5-c4ccccc4)ccc3N(C3N=CC=C(c4cc(-c5ccccc5)cc(-c5ccccc5)c4)N3)C2C=C1. The molecule has 1 N–H and O–H groups in total. The monoisotopic (exact) mass is 718 g/mol. The molecule has 4 heteroatoms. The first-order chi connectivity index (χ1) is 27.8. The summed E-state index contributed by atoms with van der Waals surface area (Å²) in [5.74, 6) is 0.219. The van der Waals surface area contributed by atoms with Gasteiger partial charge in [-0.25, -0.2) is 4.99 Å². The Kier molecular flexibility index (Phi) is 7.66. The number of rotatable bonds is 6. The fourth-order valence-corrected chi connectivity index (χ4v) is 8.97. The molecule has 0 saturated carbocycles. The van der Waals surface area contributed by atoms with Crippen LogP contribution in [-0.2, 0) is 0 Å². The number of hydrogen-bond acceptors (Lipinski definition) is 3. The molecule has 56 heavy (non-hydrogen) atoms. The minimum atomic E-state index is -0.272. The number of nitrogens with one attached hydrogen (secondary N) is 1. The van der Waals surface area contributed by atoms with Crippen LogP contribution in [0, 0.1) is 0 Å². The van der Waals surface area contributed by atoms with E-state index in [-0.39, 0.29) is 18.2 Å². The molecule has 0 bridgehead atoms. The van der Waals surface area contributed by atoms with Gasteiger partial charge in [0.25, 0.3) is 0 Å². The Morgan fingerprint density at radius 1 is 0.482 bits per heavy atom. The predicted octanol–water partition coefficient (Wildman–Crippen LogP) is 12.2. The van der Waals surface area contributed by atoms with E-state index in [9.17, 15) is 0 Å². The smallest absolute Gasteiger partial charge is 0.197 e. The number of fused-ring (bicyclic) bond motifs is 6. The molecule has 0 saturated heterocycles. The summed E-state index contributed by atoms with van der Waals surface area (Å²) < 4.78 is 2.37. The van der Waals surface area contributed by atoms with Gasteiger partial charge in [0, 0.05) is 40.0 Å². The average molecular weight is 719 g/mol. The molecule has 0 spiro atoms. The molecule has 3 unspecified atom stereocenters. The highest BCUT2D eigenvalue weighted by molar-refractivity contribution is 6.10. The molecule has 3 atom stereocenters. The second-order valence-electron chi connectivity index (χ2n) is 14.8. The van der Waals surface area contributed by atoms with Crippen molar-refractivity contribution < 1.29 is 0 Å². The fourth-order valence-electron chi connectivity index (χ4n) is 8.97. The van der Waals surface area contributed by atoms with Crippen molar-refractivity contribution in [2.75, 3.05) is 4.90 Å². The van der Waals surface area contributed by atoms with Gasteiger partial charge < -0.3 is 14.8 Å². The summed E-state index contributed by atoms with van der Waals surface area (Å²) in [5, 5.41) is 6.39. The second kappa shape index (κ2) is 13.3. The highest BCUT2D eigenvalue weighted by atomic mass is 15.4. The highest BCUT2D eigenvalue weighted by Gasteiger charge is 2.40. The molecule has 1 aliphatic carbocycles. The zero-order valence-electron chi connectivity index (χ0n) is 30.7. The van der Waals surface area contributed by atoms with Crippen LogP contribution in [0.25, 0.3) is 66.6 Å². The minimum Gasteiger partial charge on any atom is -0.346 e. The number of aliphatic imine (C=N–C) groups is 1. The van der Waals surface area contributed by atoms with Crippen LogP contribution in [0.4, 0.5) is 5.69 Å². The maximum atomic E-state index is 5.06. The Bertz CT molecular complexity index is 2840. The van der Waals surface area contributed by atoms with Crippen LogP contribution in [0.15, 0.2) is 205 Å². The maximum absolute atomic E-state index is 5.06. The Hall–Kier alpha value is -7.17. The third kappa shape index (κ3) is 5.41. The van der Waals surface area contributed by atoms with Gasteiger partial charge in [0.2, 0.25) is 0 Å². The van der Waals surface area contributed by atoms with Crippen LogP contribution in [0.2, 0.25) is 0 Å². The van der Waals surface area contributed by atoms with E-state index in [2.05, 4.69) is 215 Å². The van der Waals surface area contributed by atoms with Crippen LogP contribution in [0.3, 0.4) is 0 Å². The minimum absolute atomic E-state index is 0.140. The molecule has 0 fully saturated rings. The first-order valence-electron chi connectivity index (χ1n) is 19.4. The Balaban J connectivity index is 0.958. The number of allylic oxidation sites excluding steroid dienone is 3. The van der Waals surface area contributed by atoms with Crippen molar-refractivity contribution in [1.29, 1.82) is 0 Å². The third-order valence-electron chi connectivity index (χ3n) is 11.6. The molecule has 4 nitrogen and oxygen atoms in total. The van der Waals surface area contributed by atoms with Gasteiger partial charge in [-0.2, -0.15) is 0 Å². The van der Waals surface area contributed by atoms with Crippen molar-refractivity contribution in [2.45, 2.75) is 18.2 Å². The summed E-state index contributed by atoms with van der Waals surface area (Å²) in [5.41, 5.74) is 15.5. The van der Waals surface area contributed by atoms with Crippen molar-refractivity contribution in [3.63, 3.8) is 0 Å². The van der Waals surface area contributed by atoms with E-state index < -0.39 is 0 Å². The van der Waals surface area contributed by atoms with Gasteiger partial charge in [-0.3, -0.25) is 0 Å². The van der Waals surface area contributed by atoms with E-state index in [1.54, 1.807) is 0 Å². The van der Waals surface area contributed by atoms with Crippen LogP contribution in [0.5, 0.6) is 0 Å². The van der Waals surface area contributed by atoms with Crippen molar-refractivity contribution >= 4 is 39.4 Å². The first kappa shape index (κ1) is 32.3. The average Bonchev–Trinajstić information content (AvgIpc) is 3.79. The molecule has 266 valence electrons. The largest absolute Gasteiger partial charge is 0.346 e. The van der Waals surface area contributed by atoms with Gasteiger partial charge in [0.05, 0.1) is 17.1 Å². The molecule has 7 aromatic carbocycles. The summed E-state index contributed by atoms with van der Waals surface area (Å²) in [7, 11) is 0. The summed E-state index contributed by atoms with van der Waals surface area (Å²) in [6.45, 7) is 0. The predicted molar refractivity (Wildman–Crippen MR) is 234 cm³/mol. The Morgan fingerprint density at radius 2 is 1.11 bits per heavy atom. The summed E-state index contributed by atoms with van der Waals surface area (Å²) in [6.07, 6.45) is 12.8. The number of nitrogens with zero attached hydrogens (tertiary/aromatic N) is 3. The lowest BCUT2D eigenvalue weighted by molar-refractivity contribution is 0.532. The normalized spacial score (nSPS) is 18.2. The van der Waals surface area contributed by atoms with Crippen LogP contribution in [0.1, 0.15) is 17.0 Å². The zero-order chi connectivity index (χ0) is 37.0. The van der Waals surface area contributed by atoms with Gasteiger partial charge >= 0.3 is 0 Å². The van der Waals surface area contributed by atoms with Crippen molar-refractivity contribution in [2.24, 2.45) is 4.99 Å². The molecule has 0 radical (unpaired) electrons. The third-order valence-corrected chi connectivity index (χ3v) is 11.6. The number of para-hydroxylation sites is 2. The van der Waals surface area contributed by atoms with Crippen molar-refractivity contribution in [3.8, 4) is 39.1 Å². The number of hydrogen-bond donors (Lipinski definition) is 1. The molecule has 2 aliphatic heterocycles. The Morgan fingerprint density at radius 3 is 1.88 bits per heavy atom. The molecule has 3 aliphatic rings. The molecule has 0 amide bonds. The number of benzene rings is 7. The van der Waals surface area contributed by atoms with E-state index >= 15 is 0 Å². The quantitative estimate of drug-likeness (QED) is 0.186. The lowest BCUT2D eigenvalue weighted by atomic mass is 9.89. The van der Waals surface area contributed by atoms with Gasteiger partial charge in [-0.05, 0) is 111 Å². The lowest BCUT2D eigenvalue weighted by Crippen LogP contribution is -2.49. The van der Waals surface area contributed by atoms with Crippen molar-refractivity contribution in [1.82, 2.24) is 9.88 Å². The molecule has 1 aromatic heterocycles. The van der Waals surface area contributed by atoms with Crippen LogP contribution < -0.4 is 10.2 Å². The van der Waals surface area contributed by atoms with Gasteiger partial charge in [-0.15, -0.1) is 0 Å². The number of aromatic nitrogens is 1. The molecular formula is C52H38N4. The standard InChI is InChI=1S/C52H38N4/c1-4-14-35(15-5-1)39-30-40(36-16-6-2-7-17-36)32-41(31-39)47-28-29-53-52(54-47)56-49-23-13-11-21-44(49)46-34-38(25-27-51(46)56)37-24-26-50-45(33-37)43-20-10-12-22-48(43)55(50)42-18-8-3-9-19-42/h1-34,44,49,52,54H. The second-order valence-corrected chi connectivity index (χ2v) is 14.8. The van der Waals surface area contributed by atoms with E-state index in [4.69, 9.17) is 4.99 Å². The van der Waals surface area contributed by atoms with E-state index in [0.29, 0.717) is 0 Å². The zero-order valence-corrected chi connectivity index (χ0v) is 30.7. The summed E-state index contributed by atoms with van der Waals surface area (Å²) in [4.78, 5) is 7.52. The summed E-state index contributed by atoms with van der Waals surface area (Å²) >= 11 is 0. The van der Waals surface area contributed by atoms with E-state index in [1.807, 2.05) is 6.21 Å². The van der Waals surface area contributed by atoms with Gasteiger partial charge in [0.1, 0.15) is 0 Å². The Labute approximate surface area is 326 Å². The number of anilines is 1. The van der Waals surface area contributed by atoms with Crippen LogP contribution in [-0.4, -0.2) is 23.1 Å². The lowest BCUT2D eigenvalue weighted by Gasteiger charge is -2.36. The van der Waals surface area contributed by atoms with Crippen molar-refractivity contribution in [3.05, 3.63) is 211 Å². The highest BCUT2D eigenvalue weighted by Crippen LogP contribution is 2.47. The van der Waals surface area contributed by atoms with Crippen LogP contribution >= 0.6 is 0 Å². The van der Waals surface area contributed by atoms with Gasteiger partial charge in [0.15, 0.2) is 6.29 Å². The summed E-state index contributed by atoms with van der Waals surface area (Å²) in [6, 6.07) is 61.6. The molecule has 8 aromatic rings. The maximum Gasteiger partial charge on any atom is 0.197 e. The fraction of sp³-hybridized carbons (Fsp3) is 0.0577. The molecule has 3 heterocycles.